The molecule has 1 N–H and O–H groups in total. The number of rotatable bonds is 5. The Morgan fingerprint density at radius 2 is 1.67 bits per heavy atom. The van der Waals surface area contributed by atoms with Gasteiger partial charge in [-0.25, -0.2) is 4.90 Å². The summed E-state index contributed by atoms with van der Waals surface area (Å²) < 4.78 is 0. The van der Waals surface area contributed by atoms with E-state index in [4.69, 9.17) is 6.42 Å². The van der Waals surface area contributed by atoms with Crippen LogP contribution in [0.1, 0.15) is 11.1 Å². The predicted molar refractivity (Wildman–Crippen MR) is 105 cm³/mol. The number of terminal acetylenes is 1. The molecule has 2 amide bonds. The van der Waals surface area contributed by atoms with Crippen molar-refractivity contribution < 1.29 is 9.59 Å². The highest BCUT2D eigenvalue weighted by atomic mass is 16.2. The van der Waals surface area contributed by atoms with Gasteiger partial charge in [0.15, 0.2) is 0 Å². The van der Waals surface area contributed by atoms with E-state index in [1.54, 1.807) is 30.3 Å². The molecule has 0 atom stereocenters. The molecule has 1 heterocycles. The molecule has 1 aliphatic heterocycles. The topological polar surface area (TPSA) is 73.2 Å². The third kappa shape index (κ3) is 3.95. The van der Waals surface area contributed by atoms with Crippen molar-refractivity contribution in [3.05, 3.63) is 71.8 Å². The second-order valence-electron chi connectivity index (χ2n) is 5.74. The third-order valence-corrected chi connectivity index (χ3v) is 3.98. The largest absolute Gasteiger partial charge is 0.374 e. The molecular formula is C22H15N3O2. The normalized spacial score (nSPS) is 13.4. The van der Waals surface area contributed by atoms with Gasteiger partial charge in [0.2, 0.25) is 0 Å². The average molecular weight is 353 g/mol. The maximum Gasteiger partial charge on any atom is 0.258 e. The van der Waals surface area contributed by atoms with Gasteiger partial charge in [0, 0.05) is 17.8 Å². The molecule has 2 aromatic rings. The van der Waals surface area contributed by atoms with Gasteiger partial charge in [-0.3, -0.25) is 9.59 Å². The predicted octanol–water partition coefficient (Wildman–Crippen LogP) is 3.23. The summed E-state index contributed by atoms with van der Waals surface area (Å²) in [5.41, 5.74) is 3.45. The summed E-state index contributed by atoms with van der Waals surface area (Å²) >= 11 is 0. The first-order chi connectivity index (χ1) is 13.1. The van der Waals surface area contributed by atoms with Crippen LogP contribution in [0, 0.1) is 23.7 Å². The number of hydrogen-bond acceptors (Lipinski definition) is 4. The van der Waals surface area contributed by atoms with Crippen molar-refractivity contribution in [2.75, 3.05) is 16.8 Å². The van der Waals surface area contributed by atoms with Crippen molar-refractivity contribution >= 4 is 34.8 Å². The van der Waals surface area contributed by atoms with Gasteiger partial charge in [-0.05, 0) is 41.5 Å². The lowest BCUT2D eigenvalue weighted by Gasteiger charge is -2.13. The van der Waals surface area contributed by atoms with E-state index < -0.39 is 0 Å². The summed E-state index contributed by atoms with van der Waals surface area (Å²) in [5, 5.41) is 12.5. The highest BCUT2D eigenvalue weighted by Gasteiger charge is 2.24. The van der Waals surface area contributed by atoms with E-state index in [2.05, 4.69) is 17.3 Å². The minimum absolute atomic E-state index is 0.362. The van der Waals surface area contributed by atoms with Crippen molar-refractivity contribution in [3.63, 3.8) is 0 Å². The van der Waals surface area contributed by atoms with E-state index in [-0.39, 0.29) is 11.8 Å². The maximum atomic E-state index is 11.7. The summed E-state index contributed by atoms with van der Waals surface area (Å²) in [6.07, 6.45) is 9.45. The fraction of sp³-hybridized carbons (Fsp3) is 0.0455. The first-order valence-electron chi connectivity index (χ1n) is 8.18. The molecule has 0 radical (unpaired) electrons. The Morgan fingerprint density at radius 1 is 1.04 bits per heavy atom. The van der Waals surface area contributed by atoms with Crippen molar-refractivity contribution in [2.45, 2.75) is 0 Å². The molecule has 5 heteroatoms. The minimum atomic E-state index is -0.362. The van der Waals surface area contributed by atoms with Crippen LogP contribution in [0.4, 0.5) is 11.4 Å². The number of nitriles is 1. The number of imide groups is 1. The summed E-state index contributed by atoms with van der Waals surface area (Å²) in [5.74, 6) is 1.78. The molecule has 0 aliphatic carbocycles. The van der Waals surface area contributed by atoms with Crippen molar-refractivity contribution in [3.8, 4) is 18.4 Å². The minimum Gasteiger partial charge on any atom is -0.374 e. The van der Waals surface area contributed by atoms with Gasteiger partial charge in [-0.15, -0.1) is 6.42 Å². The van der Waals surface area contributed by atoms with Gasteiger partial charge in [0.05, 0.1) is 23.9 Å². The number of carbonyl (C=O) groups excluding carboxylic acids is 2. The Bertz CT molecular complexity index is 999. The molecule has 0 fully saturated rings. The van der Waals surface area contributed by atoms with Gasteiger partial charge in [-0.1, -0.05) is 30.2 Å². The smallest absolute Gasteiger partial charge is 0.258 e. The van der Waals surface area contributed by atoms with Crippen LogP contribution in [0.15, 0.2) is 60.7 Å². The van der Waals surface area contributed by atoms with Crippen LogP contribution < -0.4 is 10.2 Å². The van der Waals surface area contributed by atoms with Crippen LogP contribution in [0.25, 0.3) is 11.6 Å². The number of hydrogen-bond donors (Lipinski definition) is 1. The first kappa shape index (κ1) is 17.7. The number of carbonyl (C=O) groups is 2. The van der Waals surface area contributed by atoms with Gasteiger partial charge in [0.25, 0.3) is 11.8 Å². The molecule has 0 unspecified atom stereocenters. The maximum absolute atomic E-state index is 11.7. The lowest BCUT2D eigenvalue weighted by Crippen LogP contribution is -2.29. The highest BCUT2D eigenvalue weighted by Crippen LogP contribution is 2.23. The van der Waals surface area contributed by atoms with Crippen molar-refractivity contribution in [1.29, 1.82) is 5.26 Å². The summed E-state index contributed by atoms with van der Waals surface area (Å²) in [6, 6.07) is 16.5. The van der Waals surface area contributed by atoms with Crippen LogP contribution in [0.5, 0.6) is 0 Å². The molecule has 3 rings (SSSR count). The molecule has 5 nitrogen and oxygen atoms in total. The van der Waals surface area contributed by atoms with Gasteiger partial charge in [0.1, 0.15) is 0 Å². The Morgan fingerprint density at radius 3 is 2.22 bits per heavy atom. The van der Waals surface area contributed by atoms with Crippen LogP contribution in [-0.4, -0.2) is 18.4 Å². The zero-order chi connectivity index (χ0) is 19.2. The zero-order valence-electron chi connectivity index (χ0n) is 14.3. The van der Waals surface area contributed by atoms with Gasteiger partial charge >= 0.3 is 0 Å². The van der Waals surface area contributed by atoms with E-state index in [0.717, 1.165) is 21.7 Å². The van der Waals surface area contributed by atoms with E-state index in [1.807, 2.05) is 24.3 Å². The van der Waals surface area contributed by atoms with Crippen LogP contribution in [0.2, 0.25) is 0 Å². The van der Waals surface area contributed by atoms with E-state index in [9.17, 15) is 14.9 Å². The van der Waals surface area contributed by atoms with Crippen LogP contribution >= 0.6 is 0 Å². The molecule has 130 valence electrons. The molecule has 0 bridgehead atoms. The number of nitrogens with zero attached hydrogens (tertiary/aromatic N) is 2. The van der Waals surface area contributed by atoms with Gasteiger partial charge in [-0.2, -0.15) is 5.26 Å². The highest BCUT2D eigenvalue weighted by molar-refractivity contribution is 6.28. The molecular weight excluding hydrogens is 338 g/mol. The second-order valence-corrected chi connectivity index (χ2v) is 5.74. The molecule has 1 aliphatic rings. The van der Waals surface area contributed by atoms with E-state index in [0.29, 0.717) is 17.8 Å². The molecule has 27 heavy (non-hydrogen) atoms. The fourth-order valence-corrected chi connectivity index (χ4v) is 2.64. The summed E-state index contributed by atoms with van der Waals surface area (Å²) in [4.78, 5) is 24.5. The van der Waals surface area contributed by atoms with Crippen LogP contribution in [0.3, 0.4) is 0 Å². The Labute approximate surface area is 157 Å². The summed E-state index contributed by atoms with van der Waals surface area (Å²) in [7, 11) is 0. The Hall–Kier alpha value is -4.09. The summed E-state index contributed by atoms with van der Waals surface area (Å²) in [6.45, 7) is 0.435. The number of anilines is 2. The standard InChI is InChI=1S/C22H15N3O2/c1-2-13-24-19-7-5-17(6-8-19)18(15-23)14-16-3-9-20(10-4-16)25-21(26)11-12-22(25)27/h1,3-12,14,24H,13H2/b18-14+. The first-order valence-corrected chi connectivity index (χ1v) is 8.18. The number of amides is 2. The number of allylic oxidation sites excluding steroid dienone is 1. The Balaban J connectivity index is 1.80. The molecule has 0 aromatic heterocycles. The zero-order valence-corrected chi connectivity index (χ0v) is 14.3. The van der Waals surface area contributed by atoms with Crippen molar-refractivity contribution in [1.82, 2.24) is 0 Å². The van der Waals surface area contributed by atoms with Crippen molar-refractivity contribution in [2.24, 2.45) is 0 Å². The molecule has 0 saturated heterocycles. The van der Waals surface area contributed by atoms with Gasteiger partial charge < -0.3 is 5.32 Å². The molecule has 2 aromatic carbocycles. The third-order valence-electron chi connectivity index (χ3n) is 3.98. The monoisotopic (exact) mass is 353 g/mol. The lowest BCUT2D eigenvalue weighted by molar-refractivity contribution is -0.119. The fourth-order valence-electron chi connectivity index (χ4n) is 2.64. The molecule has 0 spiro atoms. The average Bonchev–Trinajstić information content (AvgIpc) is 3.04. The second kappa shape index (κ2) is 7.86. The van der Waals surface area contributed by atoms with E-state index in [1.165, 1.54) is 12.2 Å². The number of nitrogens with one attached hydrogen (secondary N) is 1. The Kier molecular flexibility index (Phi) is 5.16. The van der Waals surface area contributed by atoms with E-state index >= 15 is 0 Å². The lowest BCUT2D eigenvalue weighted by atomic mass is 10.0. The SMILES string of the molecule is C#CCNc1ccc(/C(C#N)=C/c2ccc(N3C(=O)C=CC3=O)cc2)cc1. The quantitative estimate of drug-likeness (QED) is 0.388. The molecule has 0 saturated carbocycles. The number of benzene rings is 2. The van der Waals surface area contributed by atoms with Crippen LogP contribution in [-0.2, 0) is 9.59 Å².